The van der Waals surface area contributed by atoms with E-state index in [1.807, 2.05) is 66.7 Å². The highest BCUT2D eigenvalue weighted by Gasteiger charge is 2.19. The van der Waals surface area contributed by atoms with E-state index < -0.39 is 0 Å². The quantitative estimate of drug-likeness (QED) is 0.289. The molecule has 1 heterocycles. The Balaban J connectivity index is 1.72. The minimum Gasteiger partial charge on any atom is -0.350 e. The Labute approximate surface area is 175 Å². The Hall–Kier alpha value is -2.89. The number of hydrogen-bond donors (Lipinski definition) is 2. The molecule has 138 valence electrons. The van der Waals surface area contributed by atoms with Gasteiger partial charge in [-0.05, 0) is 29.8 Å². The van der Waals surface area contributed by atoms with Gasteiger partial charge in [-0.15, -0.1) is 0 Å². The second-order valence-electron chi connectivity index (χ2n) is 6.15. The Morgan fingerprint density at radius 3 is 2.57 bits per heavy atom. The van der Waals surface area contributed by atoms with Crippen LogP contribution in [0.5, 0.6) is 0 Å². The molecule has 0 spiro atoms. The van der Waals surface area contributed by atoms with E-state index in [1.54, 1.807) is 6.07 Å². The Bertz CT molecular complexity index is 1190. The van der Waals surface area contributed by atoms with Crippen molar-refractivity contribution >= 4 is 50.6 Å². The number of fused-ring (bicyclic) bond motifs is 1. The number of carbonyl (C=O) groups excluding carboxylic acids is 1. The molecule has 0 atom stereocenters. The average Bonchev–Trinajstić information content (AvgIpc) is 3.08. The van der Waals surface area contributed by atoms with Crippen molar-refractivity contribution in [2.45, 2.75) is 0 Å². The van der Waals surface area contributed by atoms with Crippen LogP contribution in [-0.4, -0.2) is 17.1 Å². The molecule has 1 amide bonds. The van der Waals surface area contributed by atoms with Crippen molar-refractivity contribution in [3.63, 3.8) is 0 Å². The van der Waals surface area contributed by atoms with Crippen LogP contribution in [0.25, 0.3) is 22.0 Å². The molecule has 0 radical (unpaired) electrons. The van der Waals surface area contributed by atoms with Gasteiger partial charge in [-0.1, -0.05) is 76.1 Å². The van der Waals surface area contributed by atoms with E-state index in [9.17, 15) is 4.79 Å². The fourth-order valence-electron chi connectivity index (χ4n) is 3.04. The zero-order valence-electron chi connectivity index (χ0n) is 14.6. The molecule has 4 aromatic rings. The number of hydrogen-bond acceptors (Lipinski definition) is 2. The zero-order valence-corrected chi connectivity index (χ0v) is 17.0. The van der Waals surface area contributed by atoms with Crippen molar-refractivity contribution in [2.24, 2.45) is 5.10 Å². The molecule has 2 N–H and O–H groups in total. The van der Waals surface area contributed by atoms with Crippen LogP contribution in [0, 0.1) is 0 Å². The highest BCUT2D eigenvalue weighted by Crippen LogP contribution is 2.34. The van der Waals surface area contributed by atoms with Crippen LogP contribution in [-0.2, 0) is 0 Å². The van der Waals surface area contributed by atoms with Gasteiger partial charge < -0.3 is 4.98 Å². The first-order valence-electron chi connectivity index (χ1n) is 8.58. The number of nitrogens with one attached hydrogen (secondary N) is 2. The lowest BCUT2D eigenvalue weighted by Gasteiger charge is -2.04. The molecular formula is C22H15BrClN3O. The van der Waals surface area contributed by atoms with Gasteiger partial charge in [0, 0.05) is 31.5 Å². The molecule has 1 aromatic heterocycles. The summed E-state index contributed by atoms with van der Waals surface area (Å²) in [6.07, 6.45) is 1.53. The maximum atomic E-state index is 12.9. The Morgan fingerprint density at radius 2 is 1.79 bits per heavy atom. The molecule has 0 fully saturated rings. The van der Waals surface area contributed by atoms with E-state index in [1.165, 1.54) is 6.21 Å². The fraction of sp³-hybridized carbons (Fsp3) is 0. The van der Waals surface area contributed by atoms with Crippen molar-refractivity contribution in [3.8, 4) is 11.1 Å². The maximum absolute atomic E-state index is 12.9. The van der Waals surface area contributed by atoms with Gasteiger partial charge in [-0.3, -0.25) is 4.79 Å². The third-order valence-electron chi connectivity index (χ3n) is 4.33. The minimum atomic E-state index is -0.325. The molecule has 3 aromatic carbocycles. The summed E-state index contributed by atoms with van der Waals surface area (Å²) in [6.45, 7) is 0. The number of benzene rings is 3. The molecule has 0 saturated carbocycles. The van der Waals surface area contributed by atoms with Crippen LogP contribution < -0.4 is 5.43 Å². The number of rotatable bonds is 4. The van der Waals surface area contributed by atoms with Gasteiger partial charge in [-0.25, -0.2) is 5.43 Å². The summed E-state index contributed by atoms with van der Waals surface area (Å²) < 4.78 is 0.944. The van der Waals surface area contributed by atoms with Gasteiger partial charge in [0.25, 0.3) is 5.91 Å². The van der Waals surface area contributed by atoms with E-state index in [4.69, 9.17) is 11.6 Å². The third-order valence-corrected chi connectivity index (χ3v) is 5.16. The van der Waals surface area contributed by atoms with Crippen molar-refractivity contribution in [1.29, 1.82) is 0 Å². The Kier molecular flexibility index (Phi) is 5.28. The van der Waals surface area contributed by atoms with Gasteiger partial charge >= 0.3 is 0 Å². The molecule has 0 bridgehead atoms. The second kappa shape index (κ2) is 8.00. The summed E-state index contributed by atoms with van der Waals surface area (Å²) in [7, 11) is 0. The molecule has 0 saturated heterocycles. The predicted octanol–water partition coefficient (Wildman–Crippen LogP) is 6.01. The number of halogens is 2. The number of aromatic amines is 1. The van der Waals surface area contributed by atoms with E-state index in [0.717, 1.165) is 32.1 Å². The number of hydrazone groups is 1. The number of carbonyl (C=O) groups is 1. The second-order valence-corrected chi connectivity index (χ2v) is 7.47. The number of amides is 1. The Morgan fingerprint density at radius 1 is 1.04 bits per heavy atom. The van der Waals surface area contributed by atoms with E-state index in [2.05, 4.69) is 31.4 Å². The summed E-state index contributed by atoms with van der Waals surface area (Å²) in [4.78, 5) is 16.1. The van der Waals surface area contributed by atoms with Crippen molar-refractivity contribution in [2.75, 3.05) is 0 Å². The van der Waals surface area contributed by atoms with Crippen LogP contribution in [0.15, 0.2) is 82.4 Å². The summed E-state index contributed by atoms with van der Waals surface area (Å²) >= 11 is 9.63. The minimum absolute atomic E-state index is 0.325. The standard InChI is InChI=1S/C22H15BrClN3O/c23-16-10-11-19-17(12-16)20(14-6-2-1-3-7-14)21(26-19)22(28)27-25-13-15-8-4-5-9-18(15)24/h1-13,26H,(H,27,28). The lowest BCUT2D eigenvalue weighted by Crippen LogP contribution is -2.18. The average molecular weight is 453 g/mol. The van der Waals surface area contributed by atoms with Gasteiger partial charge in [0.1, 0.15) is 5.69 Å². The summed E-state index contributed by atoms with van der Waals surface area (Å²) in [5.41, 5.74) is 6.44. The molecular weight excluding hydrogens is 438 g/mol. The van der Waals surface area contributed by atoms with Crippen molar-refractivity contribution < 1.29 is 4.79 Å². The SMILES string of the molecule is O=C(NN=Cc1ccccc1Cl)c1[nH]c2ccc(Br)cc2c1-c1ccccc1. The van der Waals surface area contributed by atoms with Crippen LogP contribution >= 0.6 is 27.5 Å². The van der Waals surface area contributed by atoms with E-state index in [-0.39, 0.29) is 5.91 Å². The van der Waals surface area contributed by atoms with Crippen molar-refractivity contribution in [1.82, 2.24) is 10.4 Å². The van der Waals surface area contributed by atoms with Crippen LogP contribution in [0.3, 0.4) is 0 Å². The normalized spacial score (nSPS) is 11.2. The third kappa shape index (κ3) is 3.72. The monoisotopic (exact) mass is 451 g/mol. The van der Waals surface area contributed by atoms with Crippen molar-refractivity contribution in [3.05, 3.63) is 93.5 Å². The highest BCUT2D eigenvalue weighted by molar-refractivity contribution is 9.10. The van der Waals surface area contributed by atoms with Crippen LogP contribution in [0.2, 0.25) is 5.02 Å². The molecule has 0 aliphatic heterocycles. The van der Waals surface area contributed by atoms with E-state index in [0.29, 0.717) is 10.7 Å². The first-order chi connectivity index (χ1) is 13.6. The smallest absolute Gasteiger partial charge is 0.288 e. The summed E-state index contributed by atoms with van der Waals surface area (Å²) in [5, 5.41) is 5.59. The fourth-order valence-corrected chi connectivity index (χ4v) is 3.58. The number of aromatic nitrogens is 1. The molecule has 6 heteroatoms. The summed E-state index contributed by atoms with van der Waals surface area (Å²) in [6, 6.07) is 23.0. The van der Waals surface area contributed by atoms with Gasteiger partial charge in [0.2, 0.25) is 0 Å². The predicted molar refractivity (Wildman–Crippen MR) is 118 cm³/mol. The lowest BCUT2D eigenvalue weighted by atomic mass is 10.0. The molecule has 4 rings (SSSR count). The first-order valence-corrected chi connectivity index (χ1v) is 9.75. The lowest BCUT2D eigenvalue weighted by molar-refractivity contribution is 0.0951. The molecule has 0 unspecified atom stereocenters. The van der Waals surface area contributed by atoms with Gasteiger partial charge in [0.15, 0.2) is 0 Å². The highest BCUT2D eigenvalue weighted by atomic mass is 79.9. The largest absolute Gasteiger partial charge is 0.350 e. The summed E-state index contributed by atoms with van der Waals surface area (Å²) in [5.74, 6) is -0.325. The first kappa shape index (κ1) is 18.5. The number of H-pyrrole nitrogens is 1. The van der Waals surface area contributed by atoms with Crippen LogP contribution in [0.1, 0.15) is 16.1 Å². The van der Waals surface area contributed by atoms with E-state index >= 15 is 0 Å². The zero-order chi connectivity index (χ0) is 19.5. The maximum Gasteiger partial charge on any atom is 0.288 e. The van der Waals surface area contributed by atoms with Gasteiger partial charge in [-0.2, -0.15) is 5.10 Å². The molecule has 4 nitrogen and oxygen atoms in total. The number of nitrogens with zero attached hydrogens (tertiary/aromatic N) is 1. The molecule has 0 aliphatic rings. The topological polar surface area (TPSA) is 57.2 Å². The van der Waals surface area contributed by atoms with Crippen LogP contribution in [0.4, 0.5) is 0 Å². The molecule has 28 heavy (non-hydrogen) atoms. The van der Waals surface area contributed by atoms with Gasteiger partial charge in [0.05, 0.1) is 6.21 Å². The molecule has 0 aliphatic carbocycles.